The molecule has 0 radical (unpaired) electrons. The Kier molecular flexibility index (Phi) is 3.74. The number of hydrogen-bond acceptors (Lipinski definition) is 2. The number of aliphatic carboxylic acids is 1. The molecule has 1 unspecified atom stereocenters. The van der Waals surface area contributed by atoms with Gasteiger partial charge in [-0.1, -0.05) is 12.1 Å². The van der Waals surface area contributed by atoms with Crippen molar-refractivity contribution >= 4 is 5.97 Å². The van der Waals surface area contributed by atoms with Crippen LogP contribution < -0.4 is 0 Å². The van der Waals surface area contributed by atoms with Gasteiger partial charge in [0.1, 0.15) is 5.82 Å². The van der Waals surface area contributed by atoms with Gasteiger partial charge < -0.3 is 5.11 Å². The molecule has 1 heterocycles. The molecular formula is C13H16FNO2. The van der Waals surface area contributed by atoms with Crippen LogP contribution in [0, 0.1) is 5.82 Å². The van der Waals surface area contributed by atoms with Gasteiger partial charge in [0.05, 0.1) is 6.42 Å². The van der Waals surface area contributed by atoms with E-state index in [1.807, 2.05) is 6.07 Å². The van der Waals surface area contributed by atoms with Crippen molar-refractivity contribution in [3.8, 4) is 0 Å². The van der Waals surface area contributed by atoms with Crippen LogP contribution in [0.2, 0.25) is 0 Å². The van der Waals surface area contributed by atoms with E-state index < -0.39 is 5.97 Å². The van der Waals surface area contributed by atoms with Crippen molar-refractivity contribution in [2.45, 2.75) is 31.8 Å². The van der Waals surface area contributed by atoms with Gasteiger partial charge in [-0.25, -0.2) is 4.39 Å². The number of carboxylic acid groups (broad SMARTS) is 1. The van der Waals surface area contributed by atoms with Gasteiger partial charge in [-0.2, -0.15) is 0 Å². The Morgan fingerprint density at radius 2 is 2.35 bits per heavy atom. The third kappa shape index (κ3) is 3.27. The van der Waals surface area contributed by atoms with Gasteiger partial charge in [-0.05, 0) is 37.1 Å². The van der Waals surface area contributed by atoms with Gasteiger partial charge in [0.2, 0.25) is 0 Å². The van der Waals surface area contributed by atoms with Crippen LogP contribution in [0.1, 0.15) is 24.8 Å². The number of rotatable bonds is 4. The highest BCUT2D eigenvalue weighted by atomic mass is 19.1. The second-order valence-corrected chi connectivity index (χ2v) is 4.49. The van der Waals surface area contributed by atoms with Crippen LogP contribution in [0.4, 0.5) is 4.39 Å². The Morgan fingerprint density at radius 3 is 3.06 bits per heavy atom. The predicted octanol–water partition coefficient (Wildman–Crippen LogP) is 2.26. The van der Waals surface area contributed by atoms with Crippen LogP contribution in [0.25, 0.3) is 0 Å². The minimum absolute atomic E-state index is 0.0933. The first kappa shape index (κ1) is 12.0. The number of carboxylic acids is 1. The Balaban J connectivity index is 2.00. The number of benzene rings is 1. The number of hydrogen-bond donors (Lipinski definition) is 1. The molecule has 1 N–H and O–H groups in total. The average molecular weight is 237 g/mol. The third-order valence-corrected chi connectivity index (χ3v) is 3.18. The van der Waals surface area contributed by atoms with Gasteiger partial charge in [0.25, 0.3) is 0 Å². The Bertz CT molecular complexity index is 408. The van der Waals surface area contributed by atoms with E-state index in [1.165, 1.54) is 12.1 Å². The first-order valence-corrected chi connectivity index (χ1v) is 5.85. The maximum atomic E-state index is 13.0. The average Bonchev–Trinajstić information content (AvgIpc) is 2.65. The maximum absolute atomic E-state index is 13.0. The predicted molar refractivity (Wildman–Crippen MR) is 62.1 cm³/mol. The molecule has 17 heavy (non-hydrogen) atoms. The molecule has 1 aliphatic rings. The van der Waals surface area contributed by atoms with E-state index in [2.05, 4.69) is 4.90 Å². The minimum Gasteiger partial charge on any atom is -0.481 e. The number of halogens is 1. The molecule has 1 aromatic rings. The molecular weight excluding hydrogens is 221 g/mol. The monoisotopic (exact) mass is 237 g/mol. The van der Waals surface area contributed by atoms with Crippen molar-refractivity contribution in [3.05, 3.63) is 35.6 Å². The largest absolute Gasteiger partial charge is 0.481 e. The lowest BCUT2D eigenvalue weighted by atomic mass is 10.1. The van der Waals surface area contributed by atoms with Crippen molar-refractivity contribution in [2.24, 2.45) is 0 Å². The zero-order valence-electron chi connectivity index (χ0n) is 9.60. The van der Waals surface area contributed by atoms with Gasteiger partial charge in [-0.3, -0.25) is 9.69 Å². The topological polar surface area (TPSA) is 40.5 Å². The van der Waals surface area contributed by atoms with Crippen LogP contribution in [0.3, 0.4) is 0 Å². The second kappa shape index (κ2) is 5.27. The second-order valence-electron chi connectivity index (χ2n) is 4.49. The van der Waals surface area contributed by atoms with Crippen molar-refractivity contribution in [3.63, 3.8) is 0 Å². The highest BCUT2D eigenvalue weighted by Gasteiger charge is 2.26. The lowest BCUT2D eigenvalue weighted by Gasteiger charge is -2.23. The molecule has 0 amide bonds. The van der Waals surface area contributed by atoms with Crippen LogP contribution in [0.15, 0.2) is 24.3 Å². The lowest BCUT2D eigenvalue weighted by Crippen LogP contribution is -2.30. The van der Waals surface area contributed by atoms with Crippen LogP contribution in [-0.2, 0) is 11.3 Å². The number of nitrogens with zero attached hydrogens (tertiary/aromatic N) is 1. The van der Waals surface area contributed by atoms with Gasteiger partial charge in [-0.15, -0.1) is 0 Å². The normalized spacial score (nSPS) is 20.6. The Labute approximate surface area is 99.9 Å². The highest BCUT2D eigenvalue weighted by molar-refractivity contribution is 5.67. The van der Waals surface area contributed by atoms with E-state index in [4.69, 9.17) is 5.11 Å². The first-order chi connectivity index (χ1) is 8.15. The van der Waals surface area contributed by atoms with E-state index in [-0.39, 0.29) is 18.3 Å². The summed E-state index contributed by atoms with van der Waals surface area (Å²) in [5.41, 5.74) is 0.905. The summed E-state index contributed by atoms with van der Waals surface area (Å²) < 4.78 is 13.0. The standard InChI is InChI=1S/C13H16FNO2/c14-11-4-1-3-10(7-11)9-15-6-2-5-12(15)8-13(16)17/h1,3-4,7,12H,2,5-6,8-9H2,(H,16,17). The number of carbonyl (C=O) groups is 1. The fourth-order valence-corrected chi connectivity index (χ4v) is 2.41. The molecule has 1 fully saturated rings. The summed E-state index contributed by atoms with van der Waals surface area (Å²) in [5.74, 6) is -1.00. The van der Waals surface area contributed by atoms with Crippen molar-refractivity contribution < 1.29 is 14.3 Å². The summed E-state index contributed by atoms with van der Waals surface area (Å²) in [6, 6.07) is 6.58. The zero-order chi connectivity index (χ0) is 12.3. The summed E-state index contributed by atoms with van der Waals surface area (Å²) >= 11 is 0. The molecule has 1 atom stereocenters. The fraction of sp³-hybridized carbons (Fsp3) is 0.462. The summed E-state index contributed by atoms with van der Waals surface area (Å²) in [6.45, 7) is 1.53. The summed E-state index contributed by atoms with van der Waals surface area (Å²) in [5, 5.41) is 8.82. The molecule has 4 heteroatoms. The van der Waals surface area contributed by atoms with Gasteiger partial charge >= 0.3 is 5.97 Å². The quantitative estimate of drug-likeness (QED) is 0.873. The van der Waals surface area contributed by atoms with Crippen molar-refractivity contribution in [1.29, 1.82) is 0 Å². The van der Waals surface area contributed by atoms with E-state index in [1.54, 1.807) is 6.07 Å². The molecule has 0 aromatic heterocycles. The molecule has 2 rings (SSSR count). The van der Waals surface area contributed by atoms with Crippen molar-refractivity contribution in [2.75, 3.05) is 6.54 Å². The SMILES string of the molecule is O=C(O)CC1CCCN1Cc1cccc(F)c1. The zero-order valence-corrected chi connectivity index (χ0v) is 9.60. The highest BCUT2D eigenvalue weighted by Crippen LogP contribution is 2.22. The van der Waals surface area contributed by atoms with Crippen LogP contribution in [0.5, 0.6) is 0 Å². The van der Waals surface area contributed by atoms with Crippen LogP contribution >= 0.6 is 0 Å². The Hall–Kier alpha value is -1.42. The van der Waals surface area contributed by atoms with E-state index >= 15 is 0 Å². The minimum atomic E-state index is -0.763. The molecule has 0 saturated carbocycles. The summed E-state index contributed by atoms with van der Waals surface area (Å²) in [6.07, 6.45) is 2.12. The molecule has 1 aromatic carbocycles. The molecule has 1 saturated heterocycles. The lowest BCUT2D eigenvalue weighted by molar-refractivity contribution is -0.138. The van der Waals surface area contributed by atoms with E-state index in [9.17, 15) is 9.18 Å². The molecule has 0 bridgehead atoms. The van der Waals surface area contributed by atoms with Crippen molar-refractivity contribution in [1.82, 2.24) is 4.90 Å². The molecule has 1 aliphatic heterocycles. The molecule has 0 spiro atoms. The van der Waals surface area contributed by atoms with E-state index in [0.29, 0.717) is 6.54 Å². The first-order valence-electron chi connectivity index (χ1n) is 5.85. The number of likely N-dealkylation sites (tertiary alicyclic amines) is 1. The summed E-state index contributed by atoms with van der Waals surface area (Å²) in [7, 11) is 0. The fourth-order valence-electron chi connectivity index (χ4n) is 2.41. The van der Waals surface area contributed by atoms with E-state index in [0.717, 1.165) is 24.9 Å². The van der Waals surface area contributed by atoms with Gasteiger partial charge in [0, 0.05) is 12.6 Å². The molecule has 92 valence electrons. The molecule has 0 aliphatic carbocycles. The van der Waals surface area contributed by atoms with Gasteiger partial charge in [0.15, 0.2) is 0 Å². The molecule has 3 nitrogen and oxygen atoms in total. The summed E-state index contributed by atoms with van der Waals surface area (Å²) in [4.78, 5) is 12.8. The Morgan fingerprint density at radius 1 is 1.53 bits per heavy atom. The smallest absolute Gasteiger partial charge is 0.304 e. The third-order valence-electron chi connectivity index (χ3n) is 3.18. The van der Waals surface area contributed by atoms with Crippen LogP contribution in [-0.4, -0.2) is 28.6 Å². The maximum Gasteiger partial charge on any atom is 0.304 e.